The van der Waals surface area contributed by atoms with Crippen LogP contribution in [0.2, 0.25) is 0 Å². The van der Waals surface area contributed by atoms with Crippen molar-refractivity contribution in [3.8, 4) is 0 Å². The Morgan fingerprint density at radius 3 is 2.53 bits per heavy atom. The minimum absolute atomic E-state index is 0.264. The van der Waals surface area contributed by atoms with Crippen molar-refractivity contribution in [2.75, 3.05) is 45.9 Å². The molecule has 100 valence electrons. The van der Waals surface area contributed by atoms with Gasteiger partial charge < -0.3 is 15.4 Å². The van der Waals surface area contributed by atoms with Crippen LogP contribution in [-0.2, 0) is 4.74 Å². The van der Waals surface area contributed by atoms with E-state index in [9.17, 15) is 0 Å². The maximum atomic E-state index is 5.39. The van der Waals surface area contributed by atoms with Gasteiger partial charge in [-0.05, 0) is 26.7 Å². The van der Waals surface area contributed by atoms with Gasteiger partial charge >= 0.3 is 0 Å². The van der Waals surface area contributed by atoms with E-state index in [0.717, 1.165) is 45.7 Å². The molecule has 0 unspecified atom stereocenters. The number of hydrogen-bond donors (Lipinski definition) is 2. The molecule has 0 spiro atoms. The first-order chi connectivity index (χ1) is 8.18. The van der Waals surface area contributed by atoms with E-state index in [0.29, 0.717) is 6.04 Å². The molecule has 2 fully saturated rings. The summed E-state index contributed by atoms with van der Waals surface area (Å²) in [4.78, 5) is 2.59. The highest BCUT2D eigenvalue weighted by Gasteiger charge is 2.28. The minimum Gasteiger partial charge on any atom is -0.381 e. The van der Waals surface area contributed by atoms with E-state index in [1.54, 1.807) is 0 Å². The van der Waals surface area contributed by atoms with Crippen LogP contribution in [0, 0.1) is 0 Å². The van der Waals surface area contributed by atoms with Gasteiger partial charge in [0.2, 0.25) is 0 Å². The predicted octanol–water partition coefficient (Wildman–Crippen LogP) is 0.439. The molecule has 0 atom stereocenters. The van der Waals surface area contributed by atoms with Crippen LogP contribution < -0.4 is 10.6 Å². The summed E-state index contributed by atoms with van der Waals surface area (Å²) in [7, 11) is 0. The average Bonchev–Trinajstić information content (AvgIpc) is 2.39. The van der Waals surface area contributed by atoms with Gasteiger partial charge in [-0.25, -0.2) is 0 Å². The molecule has 0 radical (unpaired) electrons. The molecule has 4 heteroatoms. The van der Waals surface area contributed by atoms with E-state index in [1.165, 1.54) is 13.1 Å². The normalized spacial score (nSPS) is 25.1. The van der Waals surface area contributed by atoms with E-state index in [-0.39, 0.29) is 5.54 Å². The van der Waals surface area contributed by atoms with Crippen LogP contribution in [0.1, 0.15) is 26.7 Å². The fraction of sp³-hybridized carbons (Fsp3) is 1.00. The number of nitrogens with zero attached hydrogens (tertiary/aromatic N) is 1. The first-order valence-electron chi connectivity index (χ1n) is 6.95. The number of rotatable bonds is 4. The molecule has 4 nitrogen and oxygen atoms in total. The molecule has 0 aromatic heterocycles. The topological polar surface area (TPSA) is 36.5 Å². The quantitative estimate of drug-likeness (QED) is 0.749. The number of nitrogens with one attached hydrogen (secondary N) is 2. The first kappa shape index (κ1) is 13.3. The Bertz CT molecular complexity index is 221. The highest BCUT2D eigenvalue weighted by atomic mass is 16.5. The number of ether oxygens (including phenoxy) is 1. The number of hydrogen-bond acceptors (Lipinski definition) is 4. The maximum absolute atomic E-state index is 5.39. The summed E-state index contributed by atoms with van der Waals surface area (Å²) in [6, 6.07) is 0.658. The van der Waals surface area contributed by atoms with Crippen LogP contribution in [0.3, 0.4) is 0 Å². The van der Waals surface area contributed by atoms with Crippen LogP contribution >= 0.6 is 0 Å². The molecule has 2 rings (SSSR count). The molecule has 0 saturated carbocycles. The summed E-state index contributed by atoms with van der Waals surface area (Å²) >= 11 is 0. The predicted molar refractivity (Wildman–Crippen MR) is 70.4 cm³/mol. The molecule has 0 aromatic carbocycles. The van der Waals surface area contributed by atoms with Crippen LogP contribution in [0.15, 0.2) is 0 Å². The summed E-state index contributed by atoms with van der Waals surface area (Å²) in [5.41, 5.74) is 0.264. The first-order valence-corrected chi connectivity index (χ1v) is 6.95. The largest absolute Gasteiger partial charge is 0.381 e. The third-order valence-electron chi connectivity index (χ3n) is 4.02. The van der Waals surface area contributed by atoms with Crippen molar-refractivity contribution in [1.82, 2.24) is 15.5 Å². The fourth-order valence-electron chi connectivity index (χ4n) is 2.68. The lowest BCUT2D eigenvalue weighted by atomic mass is 10.00. The van der Waals surface area contributed by atoms with Gasteiger partial charge in [0.05, 0.1) is 0 Å². The molecule has 2 N–H and O–H groups in total. The lowest BCUT2D eigenvalue weighted by Crippen LogP contribution is -2.58. The molecule has 0 aromatic rings. The molecule has 17 heavy (non-hydrogen) atoms. The van der Waals surface area contributed by atoms with Crippen molar-refractivity contribution in [2.24, 2.45) is 0 Å². The van der Waals surface area contributed by atoms with Crippen molar-refractivity contribution >= 4 is 0 Å². The Balaban J connectivity index is 1.75. The zero-order valence-electron chi connectivity index (χ0n) is 11.3. The summed E-state index contributed by atoms with van der Waals surface area (Å²) in [6.45, 7) is 12.2. The Morgan fingerprint density at radius 1 is 1.24 bits per heavy atom. The lowest BCUT2D eigenvalue weighted by molar-refractivity contribution is 0.0638. The van der Waals surface area contributed by atoms with E-state index in [2.05, 4.69) is 29.4 Å². The summed E-state index contributed by atoms with van der Waals surface area (Å²) in [6.07, 6.45) is 2.33. The average molecular weight is 241 g/mol. The standard InChI is InChI=1S/C13H27N3O/c1-13(2,16-7-5-14-6-8-16)11-15-12-3-9-17-10-4-12/h12,14-15H,3-11H2,1-2H3. The van der Waals surface area contributed by atoms with Gasteiger partial charge in [0.25, 0.3) is 0 Å². The fourth-order valence-corrected chi connectivity index (χ4v) is 2.68. The van der Waals surface area contributed by atoms with Gasteiger partial charge in [0, 0.05) is 57.5 Å². The number of piperazine rings is 1. The molecule has 0 aliphatic carbocycles. The Hall–Kier alpha value is -0.160. The molecule has 0 amide bonds. The minimum atomic E-state index is 0.264. The SMILES string of the molecule is CC(C)(CNC1CCOCC1)N1CCNCC1. The maximum Gasteiger partial charge on any atom is 0.0480 e. The van der Waals surface area contributed by atoms with Gasteiger partial charge in [-0.2, -0.15) is 0 Å². The Kier molecular flexibility index (Phi) is 4.79. The molecule has 2 heterocycles. The van der Waals surface area contributed by atoms with Crippen molar-refractivity contribution in [2.45, 2.75) is 38.3 Å². The van der Waals surface area contributed by atoms with Crippen LogP contribution in [0.25, 0.3) is 0 Å². The second-order valence-electron chi connectivity index (χ2n) is 5.82. The summed E-state index contributed by atoms with van der Waals surface area (Å²) < 4.78 is 5.39. The third-order valence-corrected chi connectivity index (χ3v) is 4.02. The van der Waals surface area contributed by atoms with Crippen LogP contribution in [-0.4, -0.2) is 62.4 Å². The smallest absolute Gasteiger partial charge is 0.0480 e. The monoisotopic (exact) mass is 241 g/mol. The molecular weight excluding hydrogens is 214 g/mol. The van der Waals surface area contributed by atoms with Gasteiger partial charge in [-0.3, -0.25) is 4.90 Å². The van der Waals surface area contributed by atoms with Crippen LogP contribution in [0.4, 0.5) is 0 Å². The van der Waals surface area contributed by atoms with Crippen molar-refractivity contribution in [3.63, 3.8) is 0 Å². The van der Waals surface area contributed by atoms with Gasteiger partial charge in [-0.1, -0.05) is 0 Å². The van der Waals surface area contributed by atoms with Gasteiger partial charge in [-0.15, -0.1) is 0 Å². The zero-order valence-corrected chi connectivity index (χ0v) is 11.3. The van der Waals surface area contributed by atoms with E-state index >= 15 is 0 Å². The van der Waals surface area contributed by atoms with E-state index in [1.807, 2.05) is 0 Å². The lowest BCUT2D eigenvalue weighted by Gasteiger charge is -2.42. The zero-order chi connectivity index (χ0) is 12.1. The van der Waals surface area contributed by atoms with Crippen molar-refractivity contribution in [1.29, 1.82) is 0 Å². The highest BCUT2D eigenvalue weighted by Crippen LogP contribution is 2.15. The third kappa shape index (κ3) is 3.91. The summed E-state index contributed by atoms with van der Waals surface area (Å²) in [5, 5.41) is 7.13. The Morgan fingerprint density at radius 2 is 1.88 bits per heavy atom. The van der Waals surface area contributed by atoms with E-state index in [4.69, 9.17) is 4.74 Å². The second-order valence-corrected chi connectivity index (χ2v) is 5.82. The Labute approximate surface area is 105 Å². The van der Waals surface area contributed by atoms with Gasteiger partial charge in [0.15, 0.2) is 0 Å². The van der Waals surface area contributed by atoms with E-state index < -0.39 is 0 Å². The molecular formula is C13H27N3O. The highest BCUT2D eigenvalue weighted by molar-refractivity contribution is 4.88. The molecule has 2 aliphatic heterocycles. The van der Waals surface area contributed by atoms with Crippen molar-refractivity contribution in [3.05, 3.63) is 0 Å². The van der Waals surface area contributed by atoms with Crippen LogP contribution in [0.5, 0.6) is 0 Å². The van der Waals surface area contributed by atoms with Gasteiger partial charge in [0.1, 0.15) is 0 Å². The molecule has 0 bridgehead atoms. The second kappa shape index (κ2) is 6.14. The van der Waals surface area contributed by atoms with Crippen molar-refractivity contribution < 1.29 is 4.74 Å². The summed E-state index contributed by atoms with van der Waals surface area (Å²) in [5.74, 6) is 0. The molecule has 2 aliphatic rings. The molecule has 2 saturated heterocycles.